The molecule has 1 atom stereocenters. The molecule has 0 aliphatic rings. The van der Waals surface area contributed by atoms with E-state index in [0.717, 1.165) is 16.1 Å². The summed E-state index contributed by atoms with van der Waals surface area (Å²) in [4.78, 5) is 0.297. The molecule has 2 aromatic carbocycles. The number of anilines is 1. The first-order valence-electron chi connectivity index (χ1n) is 7.94. The summed E-state index contributed by atoms with van der Waals surface area (Å²) in [6.45, 7) is 1.97. The van der Waals surface area contributed by atoms with E-state index in [2.05, 4.69) is 15.5 Å². The number of nitrogens with one attached hydrogen (secondary N) is 1. The predicted molar refractivity (Wildman–Crippen MR) is 101 cm³/mol. The summed E-state index contributed by atoms with van der Waals surface area (Å²) in [6.07, 6.45) is 1.78. The molecule has 0 spiro atoms. The number of hydrogen-bond donors (Lipinski definition) is 1. The maximum Gasteiger partial charge on any atom is 0.206 e. The Bertz CT molecular complexity index is 984. The van der Waals surface area contributed by atoms with Crippen LogP contribution in [0.15, 0.2) is 53.4 Å². The lowest BCUT2D eigenvalue weighted by atomic mass is 10.1. The summed E-state index contributed by atoms with van der Waals surface area (Å²) in [5.41, 5.74) is 1.92. The highest BCUT2D eigenvalue weighted by molar-refractivity contribution is 7.90. The van der Waals surface area contributed by atoms with Crippen LogP contribution in [0.5, 0.6) is 0 Å². The Morgan fingerprint density at radius 3 is 2.35 bits per heavy atom. The Labute approximate surface area is 155 Å². The second kappa shape index (κ2) is 7.51. The van der Waals surface area contributed by atoms with Crippen LogP contribution in [0.3, 0.4) is 0 Å². The van der Waals surface area contributed by atoms with Gasteiger partial charge in [-0.05, 0) is 42.3 Å². The van der Waals surface area contributed by atoms with Crippen LogP contribution in [0.4, 0.5) is 9.52 Å². The molecule has 0 bridgehead atoms. The van der Waals surface area contributed by atoms with E-state index in [-0.39, 0.29) is 11.9 Å². The van der Waals surface area contributed by atoms with E-state index in [0.29, 0.717) is 16.4 Å². The number of hydrogen-bond acceptors (Lipinski definition) is 6. The second-order valence-corrected chi connectivity index (χ2v) is 9.09. The van der Waals surface area contributed by atoms with Gasteiger partial charge in [0.2, 0.25) is 5.13 Å². The number of rotatable bonds is 6. The molecule has 0 saturated carbocycles. The zero-order chi connectivity index (χ0) is 18.7. The van der Waals surface area contributed by atoms with E-state index in [9.17, 15) is 12.8 Å². The highest BCUT2D eigenvalue weighted by Crippen LogP contribution is 2.24. The molecule has 8 heteroatoms. The van der Waals surface area contributed by atoms with Gasteiger partial charge in [0.25, 0.3) is 0 Å². The minimum atomic E-state index is -3.20. The van der Waals surface area contributed by atoms with Crippen molar-refractivity contribution in [2.75, 3.05) is 11.6 Å². The van der Waals surface area contributed by atoms with Crippen molar-refractivity contribution in [1.29, 1.82) is 0 Å². The molecule has 0 aliphatic carbocycles. The quantitative estimate of drug-likeness (QED) is 0.691. The third-order valence-corrected chi connectivity index (χ3v) is 5.87. The number of benzene rings is 2. The first-order valence-corrected chi connectivity index (χ1v) is 10.7. The summed E-state index contributed by atoms with van der Waals surface area (Å²) < 4.78 is 36.0. The van der Waals surface area contributed by atoms with Crippen molar-refractivity contribution < 1.29 is 12.8 Å². The zero-order valence-corrected chi connectivity index (χ0v) is 15.9. The van der Waals surface area contributed by atoms with Crippen LogP contribution in [-0.2, 0) is 16.3 Å². The molecule has 0 amide bonds. The molecule has 1 heterocycles. The molecule has 1 aromatic heterocycles. The van der Waals surface area contributed by atoms with Crippen LogP contribution in [-0.4, -0.2) is 24.9 Å². The van der Waals surface area contributed by atoms with E-state index in [1.54, 1.807) is 36.4 Å². The largest absolute Gasteiger partial charge is 0.354 e. The van der Waals surface area contributed by atoms with Crippen molar-refractivity contribution in [2.45, 2.75) is 24.3 Å². The maximum absolute atomic E-state index is 13.0. The summed E-state index contributed by atoms with van der Waals surface area (Å²) in [7, 11) is -3.20. The van der Waals surface area contributed by atoms with E-state index < -0.39 is 9.84 Å². The third kappa shape index (κ3) is 4.64. The van der Waals surface area contributed by atoms with Crippen molar-refractivity contribution >= 4 is 26.3 Å². The average Bonchev–Trinajstić information content (AvgIpc) is 3.03. The number of aromatic nitrogens is 2. The lowest BCUT2D eigenvalue weighted by molar-refractivity contribution is 0.602. The monoisotopic (exact) mass is 391 g/mol. The average molecular weight is 391 g/mol. The van der Waals surface area contributed by atoms with Gasteiger partial charge in [0.1, 0.15) is 10.8 Å². The van der Waals surface area contributed by atoms with Gasteiger partial charge in [0.05, 0.1) is 10.9 Å². The van der Waals surface area contributed by atoms with Crippen molar-refractivity contribution in [3.63, 3.8) is 0 Å². The first kappa shape index (κ1) is 18.5. The Morgan fingerprint density at radius 2 is 1.73 bits per heavy atom. The SMILES string of the molecule is CC(Nc1nnc(Cc2ccc(F)cc2)s1)c1ccc(S(C)(=O)=O)cc1. The van der Waals surface area contributed by atoms with Gasteiger partial charge in [-0.1, -0.05) is 35.6 Å². The molecule has 0 saturated heterocycles. The Morgan fingerprint density at radius 1 is 1.08 bits per heavy atom. The van der Waals surface area contributed by atoms with Crippen LogP contribution in [0.2, 0.25) is 0 Å². The number of halogens is 1. The van der Waals surface area contributed by atoms with Crippen LogP contribution in [0.25, 0.3) is 0 Å². The van der Waals surface area contributed by atoms with Gasteiger partial charge in [0.15, 0.2) is 9.84 Å². The van der Waals surface area contributed by atoms with Crippen LogP contribution < -0.4 is 5.32 Å². The predicted octanol–water partition coefficient (Wildman–Crippen LogP) is 3.84. The number of nitrogens with zero attached hydrogens (tertiary/aromatic N) is 2. The fraction of sp³-hybridized carbons (Fsp3) is 0.222. The molecular weight excluding hydrogens is 373 g/mol. The summed E-state index contributed by atoms with van der Waals surface area (Å²) in [5, 5.41) is 13.1. The molecule has 1 unspecified atom stereocenters. The standard InChI is InChI=1S/C18H18FN3O2S2/c1-12(14-5-9-16(10-6-14)26(2,23)24)20-18-22-21-17(25-18)11-13-3-7-15(19)8-4-13/h3-10,12H,11H2,1-2H3,(H,20,22). The summed E-state index contributed by atoms with van der Waals surface area (Å²) in [5.74, 6) is -0.260. The van der Waals surface area contributed by atoms with Crippen molar-refractivity contribution in [1.82, 2.24) is 10.2 Å². The van der Waals surface area contributed by atoms with Gasteiger partial charge in [-0.25, -0.2) is 12.8 Å². The zero-order valence-electron chi connectivity index (χ0n) is 14.3. The van der Waals surface area contributed by atoms with Crippen LogP contribution in [0.1, 0.15) is 29.1 Å². The molecule has 0 radical (unpaired) electrons. The number of sulfone groups is 1. The molecule has 26 heavy (non-hydrogen) atoms. The highest BCUT2D eigenvalue weighted by Gasteiger charge is 2.12. The molecule has 3 aromatic rings. The van der Waals surface area contributed by atoms with Gasteiger partial charge < -0.3 is 5.32 Å². The molecule has 3 rings (SSSR count). The second-order valence-electron chi connectivity index (χ2n) is 6.01. The topological polar surface area (TPSA) is 72.0 Å². The molecule has 0 fully saturated rings. The van der Waals surface area contributed by atoms with Gasteiger partial charge >= 0.3 is 0 Å². The third-order valence-electron chi connectivity index (χ3n) is 3.88. The van der Waals surface area contributed by atoms with E-state index in [1.165, 1.54) is 29.7 Å². The van der Waals surface area contributed by atoms with Crippen LogP contribution in [0, 0.1) is 5.82 Å². The molecule has 5 nitrogen and oxygen atoms in total. The van der Waals surface area contributed by atoms with E-state index in [4.69, 9.17) is 0 Å². The van der Waals surface area contributed by atoms with Gasteiger partial charge in [-0.2, -0.15) is 0 Å². The van der Waals surface area contributed by atoms with Crippen molar-refractivity contribution in [3.05, 3.63) is 70.5 Å². The lowest BCUT2D eigenvalue weighted by Gasteiger charge is -2.13. The van der Waals surface area contributed by atoms with Crippen LogP contribution >= 0.6 is 11.3 Å². The first-order chi connectivity index (χ1) is 12.3. The van der Waals surface area contributed by atoms with E-state index >= 15 is 0 Å². The maximum atomic E-state index is 13.0. The Kier molecular flexibility index (Phi) is 5.33. The lowest BCUT2D eigenvalue weighted by Crippen LogP contribution is -2.07. The fourth-order valence-electron chi connectivity index (χ4n) is 2.43. The summed E-state index contributed by atoms with van der Waals surface area (Å²) >= 11 is 1.44. The van der Waals surface area contributed by atoms with E-state index in [1.807, 2.05) is 6.92 Å². The Hall–Kier alpha value is -2.32. The summed E-state index contributed by atoms with van der Waals surface area (Å²) in [6, 6.07) is 13.0. The molecule has 1 N–H and O–H groups in total. The smallest absolute Gasteiger partial charge is 0.206 e. The van der Waals surface area contributed by atoms with Crippen molar-refractivity contribution in [2.24, 2.45) is 0 Å². The molecular formula is C18H18FN3O2S2. The highest BCUT2D eigenvalue weighted by atomic mass is 32.2. The molecule has 0 aliphatic heterocycles. The van der Waals surface area contributed by atoms with Gasteiger partial charge in [-0.15, -0.1) is 10.2 Å². The van der Waals surface area contributed by atoms with Gasteiger partial charge in [0, 0.05) is 12.7 Å². The minimum Gasteiger partial charge on any atom is -0.354 e. The normalized spacial score (nSPS) is 12.7. The fourth-order valence-corrected chi connectivity index (χ4v) is 3.92. The minimum absolute atomic E-state index is 0.0461. The molecule has 136 valence electrons. The van der Waals surface area contributed by atoms with Gasteiger partial charge in [-0.3, -0.25) is 0 Å². The Balaban J connectivity index is 1.65. The van der Waals surface area contributed by atoms with Crippen molar-refractivity contribution in [3.8, 4) is 0 Å².